The largest absolute Gasteiger partial charge is 0.487 e. The number of benzene rings is 2. The van der Waals surface area contributed by atoms with E-state index in [4.69, 9.17) is 4.74 Å². The van der Waals surface area contributed by atoms with Gasteiger partial charge in [0.25, 0.3) is 0 Å². The molecule has 0 radical (unpaired) electrons. The number of carbonyl (C=O) groups excluding carboxylic acids is 2. The van der Waals surface area contributed by atoms with Crippen molar-refractivity contribution >= 4 is 17.6 Å². The highest BCUT2D eigenvalue weighted by atomic mass is 16.5. The van der Waals surface area contributed by atoms with Gasteiger partial charge in [0.05, 0.1) is 12.2 Å². The highest BCUT2D eigenvalue weighted by Crippen LogP contribution is 2.34. The maximum atomic E-state index is 13.2. The summed E-state index contributed by atoms with van der Waals surface area (Å²) in [6.45, 7) is 4.36. The van der Waals surface area contributed by atoms with Crippen LogP contribution in [0.1, 0.15) is 25.3 Å². The molecule has 1 atom stereocenters. The molecule has 0 saturated carbocycles. The molecule has 0 spiro atoms. The van der Waals surface area contributed by atoms with Crippen molar-refractivity contribution < 1.29 is 14.3 Å². The van der Waals surface area contributed by atoms with Crippen molar-refractivity contribution in [2.24, 2.45) is 5.92 Å². The van der Waals surface area contributed by atoms with Gasteiger partial charge in [0.2, 0.25) is 5.91 Å². The van der Waals surface area contributed by atoms with Crippen molar-refractivity contribution in [2.75, 3.05) is 31.1 Å². The van der Waals surface area contributed by atoms with Crippen LogP contribution in [-0.2, 0) is 11.2 Å². The molecule has 30 heavy (non-hydrogen) atoms. The summed E-state index contributed by atoms with van der Waals surface area (Å²) in [5, 5.41) is 3.06. The maximum Gasteiger partial charge on any atom is 0.324 e. The Labute approximate surface area is 177 Å². The molecular formula is C24H29N3O3. The first-order valence-corrected chi connectivity index (χ1v) is 10.8. The van der Waals surface area contributed by atoms with Gasteiger partial charge in [-0.2, -0.15) is 0 Å². The van der Waals surface area contributed by atoms with Crippen LogP contribution in [0.2, 0.25) is 0 Å². The average Bonchev–Trinajstić information content (AvgIpc) is 2.78. The van der Waals surface area contributed by atoms with E-state index in [0.29, 0.717) is 39.0 Å². The van der Waals surface area contributed by atoms with Gasteiger partial charge < -0.3 is 15.0 Å². The van der Waals surface area contributed by atoms with Crippen LogP contribution in [0.15, 0.2) is 54.6 Å². The molecule has 6 nitrogen and oxygen atoms in total. The number of nitrogens with zero attached hydrogens (tertiary/aromatic N) is 2. The minimum Gasteiger partial charge on any atom is -0.487 e. The number of hydrogen-bond acceptors (Lipinski definition) is 3. The highest BCUT2D eigenvalue weighted by Gasteiger charge is 2.33. The number of nitrogens with one attached hydrogen (secondary N) is 1. The number of likely N-dealkylation sites (tertiary alicyclic amines) is 1. The molecule has 6 heteroatoms. The van der Waals surface area contributed by atoms with Crippen LogP contribution in [0.25, 0.3) is 0 Å². The third-order valence-electron chi connectivity index (χ3n) is 5.85. The number of carbonyl (C=O) groups is 2. The summed E-state index contributed by atoms with van der Waals surface area (Å²) < 4.78 is 5.85. The number of para-hydroxylation sites is 2. The third kappa shape index (κ3) is 4.58. The molecule has 1 saturated heterocycles. The molecule has 3 amide bonds. The lowest BCUT2D eigenvalue weighted by Gasteiger charge is -2.39. The van der Waals surface area contributed by atoms with Crippen LogP contribution in [0.4, 0.5) is 10.5 Å². The van der Waals surface area contributed by atoms with E-state index < -0.39 is 0 Å². The van der Waals surface area contributed by atoms with Crippen molar-refractivity contribution in [3.05, 3.63) is 60.2 Å². The van der Waals surface area contributed by atoms with Crippen molar-refractivity contribution in [1.29, 1.82) is 0 Å². The molecular weight excluding hydrogens is 378 g/mol. The number of amides is 3. The van der Waals surface area contributed by atoms with Gasteiger partial charge >= 0.3 is 6.03 Å². The molecule has 2 aromatic carbocycles. The lowest BCUT2D eigenvalue weighted by atomic mass is 9.96. The first-order chi connectivity index (χ1) is 14.6. The molecule has 158 valence electrons. The standard InChI is InChI=1S/C24H29N3O3/c1-18-17-27(21-9-5-6-10-22(21)30-18)24(29)26-15-12-20(13-16-26)23(28)25-14-11-19-7-3-2-4-8-19/h2-10,18,20H,11-17H2,1H3,(H,25,28)/t18-/m0/s1. The SMILES string of the molecule is C[C@H]1CN(C(=O)N2CCC(C(=O)NCCc3ccccc3)CC2)c2ccccc2O1. The van der Waals surface area contributed by atoms with Crippen molar-refractivity contribution in [3.63, 3.8) is 0 Å². The van der Waals surface area contributed by atoms with E-state index in [1.807, 2.05) is 59.2 Å². The molecule has 1 N–H and O–H groups in total. The zero-order valence-electron chi connectivity index (χ0n) is 17.4. The fraction of sp³-hybridized carbons (Fsp3) is 0.417. The molecule has 0 aliphatic carbocycles. The Morgan fingerprint density at radius 3 is 2.50 bits per heavy atom. The van der Waals surface area contributed by atoms with Crippen LogP contribution < -0.4 is 15.0 Å². The smallest absolute Gasteiger partial charge is 0.324 e. The predicted octanol–water partition coefficient (Wildman–Crippen LogP) is 3.46. The molecule has 2 heterocycles. The van der Waals surface area contributed by atoms with Gasteiger partial charge in [-0.05, 0) is 43.9 Å². The second-order valence-electron chi connectivity index (χ2n) is 8.08. The van der Waals surface area contributed by atoms with E-state index in [9.17, 15) is 9.59 Å². The quantitative estimate of drug-likeness (QED) is 0.844. The second kappa shape index (κ2) is 9.20. The van der Waals surface area contributed by atoms with Gasteiger partial charge in [-0.1, -0.05) is 42.5 Å². The number of ether oxygens (including phenoxy) is 1. The Morgan fingerprint density at radius 2 is 1.73 bits per heavy atom. The van der Waals surface area contributed by atoms with Gasteiger partial charge in [-0.3, -0.25) is 9.69 Å². The fourth-order valence-electron chi connectivity index (χ4n) is 4.19. The summed E-state index contributed by atoms with van der Waals surface area (Å²) in [5.41, 5.74) is 2.04. The number of hydrogen-bond donors (Lipinski definition) is 1. The number of urea groups is 1. The van der Waals surface area contributed by atoms with Gasteiger partial charge in [0, 0.05) is 25.6 Å². The molecule has 1 fully saturated rings. The average molecular weight is 408 g/mol. The lowest BCUT2D eigenvalue weighted by molar-refractivity contribution is -0.126. The minimum atomic E-state index is -0.0446. The van der Waals surface area contributed by atoms with Gasteiger partial charge in [0.15, 0.2) is 0 Å². The summed E-state index contributed by atoms with van der Waals surface area (Å²) >= 11 is 0. The Balaban J connectivity index is 1.28. The van der Waals surface area contributed by atoms with E-state index in [1.165, 1.54) is 5.56 Å². The molecule has 0 unspecified atom stereocenters. The Morgan fingerprint density at radius 1 is 1.03 bits per heavy atom. The summed E-state index contributed by atoms with van der Waals surface area (Å²) in [4.78, 5) is 29.4. The summed E-state index contributed by atoms with van der Waals surface area (Å²) in [5.74, 6) is 0.821. The summed E-state index contributed by atoms with van der Waals surface area (Å²) in [7, 11) is 0. The summed E-state index contributed by atoms with van der Waals surface area (Å²) in [6.07, 6.45) is 2.18. The van der Waals surface area contributed by atoms with Gasteiger partial charge in [0.1, 0.15) is 11.9 Å². The monoisotopic (exact) mass is 407 g/mol. The van der Waals surface area contributed by atoms with E-state index in [-0.39, 0.29) is 24.0 Å². The van der Waals surface area contributed by atoms with E-state index >= 15 is 0 Å². The van der Waals surface area contributed by atoms with Crippen molar-refractivity contribution in [2.45, 2.75) is 32.3 Å². The van der Waals surface area contributed by atoms with E-state index in [1.54, 1.807) is 0 Å². The molecule has 2 aliphatic heterocycles. The van der Waals surface area contributed by atoms with Crippen LogP contribution in [-0.4, -0.2) is 49.1 Å². The first-order valence-electron chi connectivity index (χ1n) is 10.8. The maximum absolute atomic E-state index is 13.2. The van der Waals surface area contributed by atoms with Crippen LogP contribution in [0.5, 0.6) is 5.75 Å². The molecule has 2 aromatic rings. The van der Waals surface area contributed by atoms with Gasteiger partial charge in [-0.25, -0.2) is 4.79 Å². The Bertz CT molecular complexity index is 878. The van der Waals surface area contributed by atoms with Gasteiger partial charge in [-0.15, -0.1) is 0 Å². The molecule has 4 rings (SSSR count). The van der Waals surface area contributed by atoms with E-state index in [2.05, 4.69) is 17.4 Å². The number of rotatable bonds is 4. The lowest BCUT2D eigenvalue weighted by Crippen LogP contribution is -2.52. The highest BCUT2D eigenvalue weighted by molar-refractivity contribution is 5.94. The number of fused-ring (bicyclic) bond motifs is 1. The zero-order valence-corrected chi connectivity index (χ0v) is 17.4. The second-order valence-corrected chi connectivity index (χ2v) is 8.08. The molecule has 0 bridgehead atoms. The van der Waals surface area contributed by atoms with Crippen LogP contribution >= 0.6 is 0 Å². The van der Waals surface area contributed by atoms with Crippen molar-refractivity contribution in [1.82, 2.24) is 10.2 Å². The topological polar surface area (TPSA) is 61.9 Å². The summed E-state index contributed by atoms with van der Waals surface area (Å²) in [6, 6.07) is 17.8. The Hall–Kier alpha value is -3.02. The predicted molar refractivity (Wildman–Crippen MR) is 117 cm³/mol. The molecule has 0 aromatic heterocycles. The van der Waals surface area contributed by atoms with Crippen molar-refractivity contribution in [3.8, 4) is 5.75 Å². The fourth-order valence-corrected chi connectivity index (χ4v) is 4.19. The number of piperidine rings is 1. The first kappa shape index (κ1) is 20.3. The van der Waals surface area contributed by atoms with Crippen LogP contribution in [0, 0.1) is 5.92 Å². The number of anilines is 1. The molecule has 2 aliphatic rings. The third-order valence-corrected chi connectivity index (χ3v) is 5.85. The normalized spacial score (nSPS) is 19.0. The Kier molecular flexibility index (Phi) is 6.21. The zero-order chi connectivity index (χ0) is 20.9. The minimum absolute atomic E-state index is 0.000496. The van der Waals surface area contributed by atoms with E-state index in [0.717, 1.165) is 17.9 Å². The van der Waals surface area contributed by atoms with Crippen LogP contribution in [0.3, 0.4) is 0 Å².